The SMILES string of the molecule is CC1(C)S[C@@H]2[C@H](NC(=O)CC3(N)CCSCC3)C(=O)N2[C@H]1C(=O)O. The summed E-state index contributed by atoms with van der Waals surface area (Å²) >= 11 is 3.27. The summed E-state index contributed by atoms with van der Waals surface area (Å²) in [4.78, 5) is 37.5. The Hall–Kier alpha value is -0.930. The lowest BCUT2D eigenvalue weighted by Gasteiger charge is -2.44. The zero-order chi connectivity index (χ0) is 17.7. The summed E-state index contributed by atoms with van der Waals surface area (Å²) in [6, 6.07) is -1.50. The Morgan fingerprint density at radius 3 is 2.58 bits per heavy atom. The molecule has 3 heterocycles. The number of carboxylic acid groups (broad SMARTS) is 1. The van der Waals surface area contributed by atoms with Gasteiger partial charge in [0.25, 0.3) is 0 Å². The van der Waals surface area contributed by atoms with Crippen LogP contribution in [0, 0.1) is 0 Å². The van der Waals surface area contributed by atoms with Gasteiger partial charge in [0.05, 0.1) is 0 Å². The molecule has 0 aromatic rings. The van der Waals surface area contributed by atoms with Crippen molar-refractivity contribution in [3.63, 3.8) is 0 Å². The summed E-state index contributed by atoms with van der Waals surface area (Å²) < 4.78 is -0.582. The predicted molar refractivity (Wildman–Crippen MR) is 93.8 cm³/mol. The summed E-state index contributed by atoms with van der Waals surface area (Å²) in [6.45, 7) is 3.63. The summed E-state index contributed by atoms with van der Waals surface area (Å²) in [5.74, 6) is 0.358. The van der Waals surface area contributed by atoms with Gasteiger partial charge in [-0.3, -0.25) is 9.59 Å². The van der Waals surface area contributed by atoms with Crippen molar-refractivity contribution in [1.29, 1.82) is 0 Å². The van der Waals surface area contributed by atoms with Gasteiger partial charge in [-0.1, -0.05) is 0 Å². The van der Waals surface area contributed by atoms with Crippen LogP contribution >= 0.6 is 23.5 Å². The van der Waals surface area contributed by atoms with Gasteiger partial charge in [-0.05, 0) is 38.2 Å². The molecule has 0 aromatic heterocycles. The molecule has 9 heteroatoms. The van der Waals surface area contributed by atoms with Crippen molar-refractivity contribution < 1.29 is 19.5 Å². The Bertz CT molecular complexity index is 577. The van der Waals surface area contributed by atoms with Gasteiger partial charge < -0.3 is 21.1 Å². The van der Waals surface area contributed by atoms with Crippen LogP contribution in [-0.4, -0.2) is 67.0 Å². The third-order valence-corrected chi connectivity index (χ3v) is 7.55. The zero-order valence-corrected chi connectivity index (χ0v) is 15.4. The number of nitrogens with one attached hydrogen (secondary N) is 1. The first-order chi connectivity index (χ1) is 11.1. The van der Waals surface area contributed by atoms with Crippen LogP contribution in [0.4, 0.5) is 0 Å². The van der Waals surface area contributed by atoms with Crippen LogP contribution in [0.5, 0.6) is 0 Å². The van der Waals surface area contributed by atoms with Crippen LogP contribution in [0.2, 0.25) is 0 Å². The second kappa shape index (κ2) is 6.10. The Balaban J connectivity index is 1.62. The first-order valence-corrected chi connectivity index (χ1v) is 10.1. The van der Waals surface area contributed by atoms with Gasteiger partial charge in [0.15, 0.2) is 0 Å². The minimum Gasteiger partial charge on any atom is -0.480 e. The van der Waals surface area contributed by atoms with Crippen LogP contribution in [0.1, 0.15) is 33.1 Å². The van der Waals surface area contributed by atoms with Gasteiger partial charge in [0.2, 0.25) is 11.8 Å². The molecule has 3 atom stereocenters. The summed E-state index contributed by atoms with van der Waals surface area (Å²) in [5, 5.41) is 11.9. The number of fused-ring (bicyclic) bond motifs is 1. The number of amides is 2. The number of hydrogen-bond donors (Lipinski definition) is 3. The second-order valence-corrected chi connectivity index (χ2v) is 10.3. The van der Waals surface area contributed by atoms with Crippen LogP contribution in [0.15, 0.2) is 0 Å². The standard InChI is InChI=1S/C15H23N3O4S2/c1-14(2)10(13(21)22)18-11(20)9(12(18)24-14)17-8(19)7-15(16)3-5-23-6-4-15/h9-10,12H,3-7,16H2,1-2H3,(H,17,19)(H,21,22)/t9-,10+,12-/m1/s1. The quantitative estimate of drug-likeness (QED) is 0.605. The van der Waals surface area contributed by atoms with Crippen molar-refractivity contribution in [3.8, 4) is 0 Å². The largest absolute Gasteiger partial charge is 0.480 e. The average molecular weight is 374 g/mol. The van der Waals surface area contributed by atoms with E-state index in [0.29, 0.717) is 0 Å². The predicted octanol–water partition coefficient (Wildman–Crippen LogP) is 0.233. The number of hydrogen-bond acceptors (Lipinski definition) is 6. The van der Waals surface area contributed by atoms with Crippen molar-refractivity contribution in [1.82, 2.24) is 10.2 Å². The molecule has 0 bridgehead atoms. The smallest absolute Gasteiger partial charge is 0.327 e. The van der Waals surface area contributed by atoms with E-state index >= 15 is 0 Å². The van der Waals surface area contributed by atoms with E-state index in [1.807, 2.05) is 25.6 Å². The first kappa shape index (κ1) is 17.9. The Kier molecular flexibility index (Phi) is 4.55. The molecule has 3 saturated heterocycles. The molecule has 3 aliphatic rings. The maximum atomic E-state index is 12.4. The normalized spacial score (nSPS) is 33.5. The number of aliphatic carboxylic acids is 1. The molecular formula is C15H23N3O4S2. The van der Waals surface area contributed by atoms with E-state index < -0.39 is 28.3 Å². The van der Waals surface area contributed by atoms with Gasteiger partial charge in [-0.15, -0.1) is 11.8 Å². The number of carbonyl (C=O) groups is 3. The first-order valence-electron chi connectivity index (χ1n) is 8.03. The fraction of sp³-hybridized carbons (Fsp3) is 0.800. The highest BCUT2D eigenvalue weighted by Gasteiger charge is 2.64. The molecule has 3 aliphatic heterocycles. The number of nitrogens with two attached hydrogens (primary N) is 1. The van der Waals surface area contributed by atoms with E-state index in [1.54, 1.807) is 0 Å². The molecule has 0 unspecified atom stereocenters. The van der Waals surface area contributed by atoms with Crippen LogP contribution < -0.4 is 11.1 Å². The van der Waals surface area contributed by atoms with Gasteiger partial charge in [-0.2, -0.15) is 11.8 Å². The summed E-state index contributed by atoms with van der Waals surface area (Å²) in [5.41, 5.74) is 5.80. The lowest BCUT2D eigenvalue weighted by Crippen LogP contribution is -2.71. The molecular weight excluding hydrogens is 350 g/mol. The van der Waals surface area contributed by atoms with E-state index in [2.05, 4.69) is 5.32 Å². The van der Waals surface area contributed by atoms with Gasteiger partial charge in [-0.25, -0.2) is 4.79 Å². The summed E-state index contributed by atoms with van der Waals surface area (Å²) in [6.07, 6.45) is 1.80. The van der Waals surface area contributed by atoms with Crippen molar-refractivity contribution >= 4 is 41.3 Å². The molecule has 7 nitrogen and oxygen atoms in total. The Labute approximate surface area is 149 Å². The number of β-lactam (4-membered cyclic amide) rings is 1. The van der Waals surface area contributed by atoms with Crippen molar-refractivity contribution in [2.24, 2.45) is 5.73 Å². The molecule has 3 fully saturated rings. The average Bonchev–Trinajstić information content (AvgIpc) is 2.73. The zero-order valence-electron chi connectivity index (χ0n) is 13.8. The van der Waals surface area contributed by atoms with Crippen LogP contribution in [-0.2, 0) is 14.4 Å². The molecule has 3 rings (SSSR count). The lowest BCUT2D eigenvalue weighted by molar-refractivity contribution is -0.161. The van der Waals surface area contributed by atoms with E-state index in [9.17, 15) is 19.5 Å². The highest BCUT2D eigenvalue weighted by molar-refractivity contribution is 8.01. The van der Waals surface area contributed by atoms with E-state index in [0.717, 1.165) is 24.3 Å². The van der Waals surface area contributed by atoms with Gasteiger partial charge in [0, 0.05) is 16.7 Å². The molecule has 2 amide bonds. The lowest BCUT2D eigenvalue weighted by atomic mass is 9.89. The number of carboxylic acids is 1. The van der Waals surface area contributed by atoms with Crippen LogP contribution in [0.3, 0.4) is 0 Å². The highest BCUT2D eigenvalue weighted by Crippen LogP contribution is 2.50. The van der Waals surface area contributed by atoms with Gasteiger partial charge >= 0.3 is 5.97 Å². The van der Waals surface area contributed by atoms with Crippen molar-refractivity contribution in [2.45, 2.75) is 60.9 Å². The third-order valence-electron chi connectivity index (χ3n) is 4.99. The highest BCUT2D eigenvalue weighted by atomic mass is 32.2. The molecule has 134 valence electrons. The monoisotopic (exact) mass is 373 g/mol. The fourth-order valence-electron chi connectivity index (χ4n) is 3.64. The number of nitrogens with zero attached hydrogens (tertiary/aromatic N) is 1. The second-order valence-electron chi connectivity index (χ2n) is 7.29. The maximum Gasteiger partial charge on any atom is 0.327 e. The molecule has 0 aliphatic carbocycles. The number of carbonyl (C=O) groups excluding carboxylic acids is 2. The minimum atomic E-state index is -1.01. The molecule has 4 N–H and O–H groups in total. The van der Waals surface area contributed by atoms with Crippen molar-refractivity contribution in [3.05, 3.63) is 0 Å². The van der Waals surface area contributed by atoms with E-state index in [1.165, 1.54) is 16.7 Å². The topological polar surface area (TPSA) is 113 Å². The fourth-order valence-corrected chi connectivity index (χ4v) is 6.58. The van der Waals surface area contributed by atoms with E-state index in [-0.39, 0.29) is 23.6 Å². The Morgan fingerprint density at radius 1 is 1.38 bits per heavy atom. The Morgan fingerprint density at radius 2 is 2.00 bits per heavy atom. The maximum absolute atomic E-state index is 12.4. The van der Waals surface area contributed by atoms with Gasteiger partial charge in [0.1, 0.15) is 17.5 Å². The molecule has 0 radical (unpaired) electrons. The third kappa shape index (κ3) is 3.01. The van der Waals surface area contributed by atoms with Crippen LogP contribution in [0.25, 0.3) is 0 Å². The van der Waals surface area contributed by atoms with Crippen molar-refractivity contribution in [2.75, 3.05) is 11.5 Å². The molecule has 0 aromatic carbocycles. The van der Waals surface area contributed by atoms with E-state index in [4.69, 9.17) is 5.73 Å². The summed E-state index contributed by atoms with van der Waals surface area (Å²) in [7, 11) is 0. The minimum absolute atomic E-state index is 0.209. The number of thioether (sulfide) groups is 2. The number of rotatable bonds is 4. The molecule has 24 heavy (non-hydrogen) atoms. The molecule has 0 spiro atoms. The molecule has 0 saturated carbocycles.